The molecule has 1 fully saturated rings. The lowest BCUT2D eigenvalue weighted by molar-refractivity contribution is -0.135. The zero-order valence-electron chi connectivity index (χ0n) is 27.6. The molecule has 0 bridgehead atoms. The molecule has 254 valence electrons. The summed E-state index contributed by atoms with van der Waals surface area (Å²) in [5, 5.41) is 3.61. The summed E-state index contributed by atoms with van der Waals surface area (Å²) in [5.74, 6) is -0.450. The van der Waals surface area contributed by atoms with Crippen molar-refractivity contribution in [3.8, 4) is 11.5 Å². The number of sulfone groups is 1. The molecule has 0 saturated carbocycles. The van der Waals surface area contributed by atoms with Crippen LogP contribution in [0, 0.1) is 6.92 Å². The van der Waals surface area contributed by atoms with Crippen molar-refractivity contribution in [2.24, 2.45) is 0 Å². The Morgan fingerprint density at radius 1 is 0.780 bits per heavy atom. The summed E-state index contributed by atoms with van der Waals surface area (Å²) in [4.78, 5) is 40.1. The molecule has 3 amide bonds. The quantitative estimate of drug-likeness (QED) is 0.147. The number of ether oxygens (including phenoxy) is 2. The van der Waals surface area contributed by atoms with Crippen LogP contribution in [0.3, 0.4) is 0 Å². The number of hydrogen-bond donors (Lipinski definition) is 2. The van der Waals surface area contributed by atoms with Crippen LogP contribution in [0.15, 0.2) is 138 Å². The molecule has 0 spiro atoms. The minimum Gasteiger partial charge on any atom is -0.457 e. The summed E-state index contributed by atoms with van der Waals surface area (Å²) >= 11 is 0. The van der Waals surface area contributed by atoms with Gasteiger partial charge in [-0.2, -0.15) is 0 Å². The van der Waals surface area contributed by atoms with E-state index in [0.29, 0.717) is 28.3 Å². The lowest BCUT2D eigenvalue weighted by atomic mass is 9.83. The van der Waals surface area contributed by atoms with Gasteiger partial charge in [-0.3, -0.25) is 15.0 Å². The number of benzene rings is 5. The summed E-state index contributed by atoms with van der Waals surface area (Å²) in [6.07, 6.45) is -0.919. The van der Waals surface area contributed by atoms with Gasteiger partial charge in [0.15, 0.2) is 9.84 Å². The van der Waals surface area contributed by atoms with Crippen LogP contribution in [-0.4, -0.2) is 37.1 Å². The summed E-state index contributed by atoms with van der Waals surface area (Å²) in [6, 6.07) is 37.5. The van der Waals surface area contributed by atoms with Gasteiger partial charge in [0.25, 0.3) is 5.91 Å². The second-order valence-corrected chi connectivity index (χ2v) is 14.4. The maximum atomic E-state index is 13.8. The molecule has 10 nitrogen and oxygen atoms in total. The first-order chi connectivity index (χ1) is 23.9. The molecule has 50 heavy (non-hydrogen) atoms. The van der Waals surface area contributed by atoms with E-state index < -0.39 is 44.5 Å². The molecular weight excluding hydrogens is 655 g/mol. The van der Waals surface area contributed by atoms with Gasteiger partial charge in [0.2, 0.25) is 11.5 Å². The van der Waals surface area contributed by atoms with E-state index in [2.05, 4.69) is 10.7 Å². The van der Waals surface area contributed by atoms with Crippen molar-refractivity contribution in [2.75, 3.05) is 16.5 Å². The Kier molecular flexibility index (Phi) is 9.18. The zero-order valence-corrected chi connectivity index (χ0v) is 28.4. The molecule has 2 atom stereocenters. The topological polar surface area (TPSA) is 131 Å². The van der Waals surface area contributed by atoms with Gasteiger partial charge in [-0.1, -0.05) is 78.4 Å². The van der Waals surface area contributed by atoms with Gasteiger partial charge in [-0.15, -0.1) is 5.01 Å². The Morgan fingerprint density at radius 2 is 1.36 bits per heavy atom. The molecule has 1 saturated heterocycles. The van der Waals surface area contributed by atoms with Crippen molar-refractivity contribution in [2.45, 2.75) is 36.7 Å². The van der Waals surface area contributed by atoms with E-state index in [1.807, 2.05) is 55.5 Å². The van der Waals surface area contributed by atoms with Crippen LogP contribution in [-0.2, 0) is 35.2 Å². The molecular formula is C39H35N3O7S. The van der Waals surface area contributed by atoms with Crippen LogP contribution in [0.25, 0.3) is 0 Å². The Bertz CT molecular complexity index is 2120. The second-order valence-electron chi connectivity index (χ2n) is 12.4. The molecule has 5 aromatic rings. The SMILES string of the molecule is Cc1ccc(C(C)(CS(=O)(=O)c2ccc(NN3C(=O)OC(C)(c4ccc(Oc5ccccc5)cc4)C3=O)cc2)C(=O)Nc2ccccc2)cc1. The molecule has 2 unspecified atom stereocenters. The molecule has 1 aliphatic rings. The molecule has 11 heteroatoms. The predicted molar refractivity (Wildman–Crippen MR) is 189 cm³/mol. The van der Waals surface area contributed by atoms with Gasteiger partial charge < -0.3 is 14.8 Å². The highest BCUT2D eigenvalue weighted by Crippen LogP contribution is 2.36. The Labute approximate surface area is 290 Å². The van der Waals surface area contributed by atoms with Crippen LogP contribution < -0.4 is 15.5 Å². The number of nitrogens with zero attached hydrogens (tertiary/aromatic N) is 1. The van der Waals surface area contributed by atoms with Crippen LogP contribution in [0.2, 0.25) is 0 Å². The van der Waals surface area contributed by atoms with Crippen molar-refractivity contribution in [1.29, 1.82) is 0 Å². The molecule has 5 aromatic carbocycles. The van der Waals surface area contributed by atoms with E-state index in [1.165, 1.54) is 31.2 Å². The van der Waals surface area contributed by atoms with Crippen LogP contribution in [0.4, 0.5) is 16.2 Å². The van der Waals surface area contributed by atoms with Gasteiger partial charge in [0.1, 0.15) is 11.5 Å². The first kappa shape index (κ1) is 33.9. The fourth-order valence-electron chi connectivity index (χ4n) is 5.63. The minimum atomic E-state index is -4.03. The molecule has 1 heterocycles. The van der Waals surface area contributed by atoms with E-state index in [0.717, 1.165) is 10.6 Å². The number of hydrogen-bond acceptors (Lipinski definition) is 8. The predicted octanol–water partition coefficient (Wildman–Crippen LogP) is 7.38. The first-order valence-corrected chi connectivity index (χ1v) is 17.5. The fraction of sp³-hybridized carbons (Fsp3) is 0.154. The largest absolute Gasteiger partial charge is 0.457 e. The van der Waals surface area contributed by atoms with Gasteiger partial charge >= 0.3 is 6.09 Å². The van der Waals surface area contributed by atoms with E-state index in [4.69, 9.17) is 9.47 Å². The number of cyclic esters (lactones) is 1. The van der Waals surface area contributed by atoms with Crippen LogP contribution >= 0.6 is 0 Å². The number of aryl methyl sites for hydroxylation is 1. The number of carbonyl (C=O) groups excluding carboxylic acids is 3. The Balaban J connectivity index is 1.17. The van der Waals surface area contributed by atoms with Crippen molar-refractivity contribution in [3.05, 3.63) is 150 Å². The molecule has 6 rings (SSSR count). The molecule has 0 aliphatic carbocycles. The second kappa shape index (κ2) is 13.5. The highest BCUT2D eigenvalue weighted by atomic mass is 32.2. The van der Waals surface area contributed by atoms with E-state index in [-0.39, 0.29) is 10.6 Å². The first-order valence-electron chi connectivity index (χ1n) is 15.8. The average Bonchev–Trinajstić information content (AvgIpc) is 3.33. The zero-order chi connectivity index (χ0) is 35.5. The van der Waals surface area contributed by atoms with Crippen molar-refractivity contribution in [1.82, 2.24) is 5.01 Å². The van der Waals surface area contributed by atoms with Crippen molar-refractivity contribution in [3.63, 3.8) is 0 Å². The van der Waals surface area contributed by atoms with Gasteiger partial charge in [-0.05, 0) is 87.0 Å². The maximum Gasteiger partial charge on any atom is 0.437 e. The van der Waals surface area contributed by atoms with E-state index in [1.54, 1.807) is 67.6 Å². The number of carbonyl (C=O) groups is 3. The monoisotopic (exact) mass is 689 g/mol. The fourth-order valence-corrected chi connectivity index (χ4v) is 7.40. The standard InChI is InChI=1S/C39H35N3O7S/c1-27-14-16-28(17-15-27)38(2,35(43)40-30-10-6-4-7-11-30)26-50(46,47)34-24-20-31(21-25-34)41-42-36(44)39(3,49-37(42)45)29-18-22-33(23-19-29)48-32-12-8-5-9-13-32/h4-25,41H,26H2,1-3H3,(H,40,43). The smallest absolute Gasteiger partial charge is 0.437 e. The third kappa shape index (κ3) is 6.94. The van der Waals surface area contributed by atoms with Crippen LogP contribution in [0.1, 0.15) is 30.5 Å². The van der Waals surface area contributed by atoms with Gasteiger partial charge in [0.05, 0.1) is 21.8 Å². The Morgan fingerprint density at radius 3 is 1.98 bits per heavy atom. The number of hydrazine groups is 1. The highest BCUT2D eigenvalue weighted by Gasteiger charge is 2.52. The lowest BCUT2D eigenvalue weighted by Gasteiger charge is -2.29. The van der Waals surface area contributed by atoms with Gasteiger partial charge in [0, 0.05) is 11.3 Å². The average molecular weight is 690 g/mol. The lowest BCUT2D eigenvalue weighted by Crippen LogP contribution is -2.43. The van der Waals surface area contributed by atoms with Crippen LogP contribution in [0.5, 0.6) is 11.5 Å². The Hall–Kier alpha value is -5.94. The van der Waals surface area contributed by atoms with E-state index in [9.17, 15) is 22.8 Å². The number of rotatable bonds is 11. The summed E-state index contributed by atoms with van der Waals surface area (Å²) in [5.41, 5.74) is 2.46. The normalized spacial score (nSPS) is 17.1. The number of amides is 3. The van der Waals surface area contributed by atoms with Crippen molar-refractivity contribution < 1.29 is 32.3 Å². The molecule has 0 aromatic heterocycles. The minimum absolute atomic E-state index is 0.0353. The number of imide groups is 1. The molecule has 2 N–H and O–H groups in total. The third-order valence-electron chi connectivity index (χ3n) is 8.62. The van der Waals surface area contributed by atoms with E-state index >= 15 is 0 Å². The molecule has 0 radical (unpaired) electrons. The number of nitrogens with one attached hydrogen (secondary N) is 2. The molecule has 1 aliphatic heterocycles. The highest BCUT2D eigenvalue weighted by molar-refractivity contribution is 7.91. The van der Waals surface area contributed by atoms with Gasteiger partial charge in [-0.25, -0.2) is 13.2 Å². The summed E-state index contributed by atoms with van der Waals surface area (Å²) in [7, 11) is -4.03. The van der Waals surface area contributed by atoms with Crippen molar-refractivity contribution >= 4 is 39.1 Å². The number of anilines is 2. The third-order valence-corrected chi connectivity index (χ3v) is 10.6. The summed E-state index contributed by atoms with van der Waals surface area (Å²) in [6.45, 7) is 5.01. The number of para-hydroxylation sites is 2. The maximum absolute atomic E-state index is 13.8. The summed E-state index contributed by atoms with van der Waals surface area (Å²) < 4.78 is 39.0.